The molecule has 1 atom stereocenters. The minimum Gasteiger partial charge on any atom is -0.497 e. The van der Waals surface area contributed by atoms with Gasteiger partial charge in [-0.2, -0.15) is 0 Å². The van der Waals surface area contributed by atoms with Crippen molar-refractivity contribution >= 4 is 29.2 Å². The molecule has 188 valence electrons. The van der Waals surface area contributed by atoms with Gasteiger partial charge in [0.25, 0.3) is 5.91 Å². The SMILES string of the molecule is COc1ccc(CCC(=O)N2CCC([C@]3(CC(C)C)NC(=O)N(Cc4cccs4)C3=O)CC2)cc1. The maximum Gasteiger partial charge on any atom is 0.325 e. The summed E-state index contributed by atoms with van der Waals surface area (Å²) in [6, 6.07) is 11.4. The van der Waals surface area contributed by atoms with Gasteiger partial charge in [-0.3, -0.25) is 14.5 Å². The molecule has 1 N–H and O–H groups in total. The number of amides is 4. The van der Waals surface area contributed by atoms with Crippen molar-refractivity contribution in [1.29, 1.82) is 0 Å². The lowest BCUT2D eigenvalue weighted by Gasteiger charge is -2.41. The molecule has 0 saturated carbocycles. The number of ether oxygens (including phenoxy) is 1. The quantitative estimate of drug-likeness (QED) is 0.519. The van der Waals surface area contributed by atoms with E-state index in [-0.39, 0.29) is 29.7 Å². The smallest absolute Gasteiger partial charge is 0.325 e. The summed E-state index contributed by atoms with van der Waals surface area (Å²) in [5, 5.41) is 5.06. The topological polar surface area (TPSA) is 79.0 Å². The maximum absolute atomic E-state index is 13.7. The van der Waals surface area contributed by atoms with Crippen LogP contribution in [0.5, 0.6) is 5.75 Å². The molecule has 2 saturated heterocycles. The predicted octanol–water partition coefficient (Wildman–Crippen LogP) is 4.46. The Morgan fingerprint density at radius 2 is 1.89 bits per heavy atom. The third kappa shape index (κ3) is 5.53. The number of nitrogens with zero attached hydrogens (tertiary/aromatic N) is 2. The third-order valence-electron chi connectivity index (χ3n) is 7.16. The molecule has 35 heavy (non-hydrogen) atoms. The van der Waals surface area contributed by atoms with Crippen LogP contribution in [0.3, 0.4) is 0 Å². The van der Waals surface area contributed by atoms with E-state index in [1.165, 1.54) is 4.90 Å². The van der Waals surface area contributed by atoms with Gasteiger partial charge in [-0.1, -0.05) is 32.0 Å². The first-order valence-corrected chi connectivity index (χ1v) is 13.3. The van der Waals surface area contributed by atoms with Crippen LogP contribution in [0.1, 0.15) is 50.0 Å². The van der Waals surface area contributed by atoms with E-state index in [0.29, 0.717) is 51.7 Å². The fraction of sp³-hybridized carbons (Fsp3) is 0.519. The highest BCUT2D eigenvalue weighted by atomic mass is 32.1. The van der Waals surface area contributed by atoms with E-state index >= 15 is 0 Å². The van der Waals surface area contributed by atoms with Crippen molar-refractivity contribution in [3.05, 3.63) is 52.2 Å². The van der Waals surface area contributed by atoms with Crippen molar-refractivity contribution in [1.82, 2.24) is 15.1 Å². The van der Waals surface area contributed by atoms with Crippen molar-refractivity contribution in [3.8, 4) is 5.75 Å². The Bertz CT molecular complexity index is 1030. The molecule has 0 bridgehead atoms. The Hall–Kier alpha value is -2.87. The molecule has 1 aromatic carbocycles. The fourth-order valence-corrected chi connectivity index (χ4v) is 6.09. The molecule has 2 aliphatic heterocycles. The summed E-state index contributed by atoms with van der Waals surface area (Å²) in [7, 11) is 1.64. The lowest BCUT2D eigenvalue weighted by atomic mass is 9.73. The summed E-state index contributed by atoms with van der Waals surface area (Å²) >= 11 is 1.55. The monoisotopic (exact) mass is 497 g/mol. The molecule has 2 fully saturated rings. The van der Waals surface area contributed by atoms with Crippen molar-refractivity contribution in [2.75, 3.05) is 20.2 Å². The van der Waals surface area contributed by atoms with E-state index in [4.69, 9.17) is 4.74 Å². The van der Waals surface area contributed by atoms with Gasteiger partial charge in [0.1, 0.15) is 11.3 Å². The third-order valence-corrected chi connectivity index (χ3v) is 8.02. The summed E-state index contributed by atoms with van der Waals surface area (Å²) < 4.78 is 5.19. The Morgan fingerprint density at radius 1 is 1.17 bits per heavy atom. The van der Waals surface area contributed by atoms with Gasteiger partial charge in [0.2, 0.25) is 5.91 Å². The summed E-state index contributed by atoms with van der Waals surface area (Å²) in [6.45, 7) is 5.70. The summed E-state index contributed by atoms with van der Waals surface area (Å²) in [4.78, 5) is 43.7. The van der Waals surface area contributed by atoms with Gasteiger partial charge < -0.3 is 15.0 Å². The number of carbonyl (C=O) groups is 3. The van der Waals surface area contributed by atoms with Gasteiger partial charge in [0.15, 0.2) is 0 Å². The summed E-state index contributed by atoms with van der Waals surface area (Å²) in [5.41, 5.74) is 0.218. The Morgan fingerprint density at radius 3 is 2.49 bits per heavy atom. The standard InChI is InChI=1S/C27H35N3O4S/c1-19(2)17-27(25(32)30(26(33)28-27)18-23-5-4-16-35-23)21-12-14-29(15-13-21)24(31)11-8-20-6-9-22(34-3)10-7-20/h4-7,9-10,16,19,21H,8,11-15,17-18H2,1-3H3,(H,28,33)/t27-/m0/s1. The molecule has 3 heterocycles. The number of rotatable bonds is 9. The van der Waals surface area contributed by atoms with Crippen LogP contribution < -0.4 is 10.1 Å². The Kier molecular flexibility index (Phi) is 7.79. The number of hydrogen-bond acceptors (Lipinski definition) is 5. The minimum absolute atomic E-state index is 0.0142. The number of methoxy groups -OCH3 is 1. The van der Waals surface area contributed by atoms with Gasteiger partial charge in [0, 0.05) is 24.4 Å². The first kappa shape index (κ1) is 25.2. The molecule has 8 heteroatoms. The molecule has 1 aromatic heterocycles. The molecule has 0 radical (unpaired) electrons. The van der Waals surface area contributed by atoms with Crippen LogP contribution in [0.25, 0.3) is 0 Å². The number of imide groups is 1. The van der Waals surface area contributed by atoms with Crippen LogP contribution in [-0.2, 0) is 22.6 Å². The second-order valence-electron chi connectivity index (χ2n) is 9.97. The van der Waals surface area contributed by atoms with Crippen LogP contribution in [0.15, 0.2) is 41.8 Å². The highest BCUT2D eigenvalue weighted by molar-refractivity contribution is 7.09. The summed E-state index contributed by atoms with van der Waals surface area (Å²) in [5.74, 6) is 1.09. The highest BCUT2D eigenvalue weighted by Gasteiger charge is 2.56. The number of urea groups is 1. The number of thiophene rings is 1. The van der Waals surface area contributed by atoms with Gasteiger partial charge in [0.05, 0.1) is 13.7 Å². The molecule has 2 aliphatic rings. The average Bonchev–Trinajstić information content (AvgIpc) is 3.45. The van der Waals surface area contributed by atoms with Crippen LogP contribution in [0, 0.1) is 11.8 Å². The van der Waals surface area contributed by atoms with Gasteiger partial charge >= 0.3 is 6.03 Å². The zero-order valence-electron chi connectivity index (χ0n) is 20.8. The largest absolute Gasteiger partial charge is 0.497 e. The molecule has 0 aliphatic carbocycles. The van der Waals surface area contributed by atoms with E-state index in [9.17, 15) is 14.4 Å². The van der Waals surface area contributed by atoms with E-state index in [1.54, 1.807) is 18.4 Å². The number of carbonyl (C=O) groups excluding carboxylic acids is 3. The molecular weight excluding hydrogens is 462 g/mol. The van der Waals surface area contributed by atoms with Crippen LogP contribution in [0.4, 0.5) is 4.79 Å². The number of likely N-dealkylation sites (tertiary alicyclic amines) is 1. The normalized spacial score (nSPS) is 21.0. The Labute approximate surface area is 211 Å². The lowest BCUT2D eigenvalue weighted by Crippen LogP contribution is -2.57. The number of benzene rings is 1. The second-order valence-corrected chi connectivity index (χ2v) is 11.0. The first-order chi connectivity index (χ1) is 16.8. The van der Waals surface area contributed by atoms with Crippen molar-refractivity contribution < 1.29 is 19.1 Å². The molecule has 0 spiro atoms. The number of hydrogen-bond donors (Lipinski definition) is 1. The molecule has 2 aromatic rings. The van der Waals surface area contributed by atoms with Gasteiger partial charge in [-0.15, -0.1) is 11.3 Å². The molecule has 4 amide bonds. The molecule has 0 unspecified atom stereocenters. The predicted molar refractivity (Wildman–Crippen MR) is 136 cm³/mol. The van der Waals surface area contributed by atoms with Crippen molar-refractivity contribution in [2.24, 2.45) is 11.8 Å². The maximum atomic E-state index is 13.7. The van der Waals surface area contributed by atoms with Crippen LogP contribution in [-0.4, -0.2) is 53.4 Å². The number of nitrogens with one attached hydrogen (secondary N) is 1. The van der Waals surface area contributed by atoms with E-state index in [2.05, 4.69) is 19.2 Å². The number of aryl methyl sites for hydroxylation is 1. The molecule has 4 rings (SSSR count). The van der Waals surface area contributed by atoms with Crippen LogP contribution >= 0.6 is 11.3 Å². The second kappa shape index (κ2) is 10.8. The molecular formula is C27H35N3O4S. The first-order valence-electron chi connectivity index (χ1n) is 12.4. The highest BCUT2D eigenvalue weighted by Crippen LogP contribution is 2.39. The zero-order chi connectivity index (χ0) is 25.0. The van der Waals surface area contributed by atoms with Crippen LogP contribution in [0.2, 0.25) is 0 Å². The van der Waals surface area contributed by atoms with Crippen molar-refractivity contribution in [3.63, 3.8) is 0 Å². The fourth-order valence-electron chi connectivity index (χ4n) is 5.40. The lowest BCUT2D eigenvalue weighted by molar-refractivity contribution is -0.137. The minimum atomic E-state index is -0.888. The van der Waals surface area contributed by atoms with Gasteiger partial charge in [-0.25, -0.2) is 4.79 Å². The van der Waals surface area contributed by atoms with E-state index in [0.717, 1.165) is 16.2 Å². The van der Waals surface area contributed by atoms with Gasteiger partial charge in [-0.05, 0) is 66.7 Å². The Balaban J connectivity index is 1.38. The van der Waals surface area contributed by atoms with E-state index < -0.39 is 5.54 Å². The van der Waals surface area contributed by atoms with Crippen molar-refractivity contribution in [2.45, 2.75) is 58.0 Å². The average molecular weight is 498 g/mol. The number of piperidine rings is 1. The molecule has 7 nitrogen and oxygen atoms in total. The summed E-state index contributed by atoms with van der Waals surface area (Å²) in [6.07, 6.45) is 3.17. The van der Waals surface area contributed by atoms with E-state index in [1.807, 2.05) is 46.7 Å². The zero-order valence-corrected chi connectivity index (χ0v) is 21.6.